The van der Waals surface area contributed by atoms with Crippen LogP contribution in [-0.4, -0.2) is 21.2 Å². The minimum Gasteiger partial charge on any atom is -0.312 e. The Labute approximate surface area is 191 Å². The van der Waals surface area contributed by atoms with Gasteiger partial charge in [0.25, 0.3) is 5.56 Å². The van der Waals surface area contributed by atoms with Crippen LogP contribution in [-0.2, 0) is 24.2 Å². The molecule has 154 valence electrons. The molecule has 0 atom stereocenters. The van der Waals surface area contributed by atoms with Crippen LogP contribution in [0.2, 0.25) is 0 Å². The molecule has 8 heteroatoms. The fourth-order valence-corrected chi connectivity index (χ4v) is 5.99. The summed E-state index contributed by atoms with van der Waals surface area (Å²) in [7, 11) is 0. The molecule has 0 unspecified atom stereocenters. The Bertz CT molecular complexity index is 1240. The predicted molar refractivity (Wildman–Crippen MR) is 125 cm³/mol. The average molecular weight is 533 g/mol. The summed E-state index contributed by atoms with van der Waals surface area (Å²) < 4.78 is 2.83. The van der Waals surface area contributed by atoms with E-state index in [1.54, 1.807) is 12.1 Å². The van der Waals surface area contributed by atoms with Gasteiger partial charge in [0, 0.05) is 16.5 Å². The molecule has 0 spiro atoms. The van der Waals surface area contributed by atoms with E-state index in [1.807, 2.05) is 16.7 Å². The highest BCUT2D eigenvalue weighted by Crippen LogP contribution is 2.34. The van der Waals surface area contributed by atoms with Crippen molar-refractivity contribution >= 4 is 55.8 Å². The second-order valence-corrected chi connectivity index (χ2v) is 9.91. The third-order valence-corrected chi connectivity index (χ3v) is 7.52. The van der Waals surface area contributed by atoms with Gasteiger partial charge in [-0.05, 0) is 78.5 Å². The highest BCUT2D eigenvalue weighted by molar-refractivity contribution is 14.1. The van der Waals surface area contributed by atoms with E-state index < -0.39 is 5.97 Å². The Morgan fingerprint density at radius 3 is 2.93 bits per heavy atom. The molecule has 6 nitrogen and oxygen atoms in total. The summed E-state index contributed by atoms with van der Waals surface area (Å²) in [6.45, 7) is 0.746. The molecular formula is C22H20IN3O3S. The maximum Gasteiger partial charge on any atom is 0.365 e. The summed E-state index contributed by atoms with van der Waals surface area (Å²) in [5.74, 6) is 0.423. The van der Waals surface area contributed by atoms with E-state index in [4.69, 9.17) is 9.82 Å². The van der Waals surface area contributed by atoms with E-state index in [0.717, 1.165) is 87.3 Å². The molecule has 3 heterocycles. The van der Waals surface area contributed by atoms with Crippen molar-refractivity contribution in [3.8, 4) is 0 Å². The maximum absolute atomic E-state index is 13.3. The van der Waals surface area contributed by atoms with Gasteiger partial charge in [-0.2, -0.15) is 0 Å². The van der Waals surface area contributed by atoms with Gasteiger partial charge in [-0.3, -0.25) is 9.36 Å². The van der Waals surface area contributed by atoms with Gasteiger partial charge in [0.05, 0.1) is 21.5 Å². The number of aryl methyl sites for hydroxylation is 2. The first kappa shape index (κ1) is 19.9. The fraction of sp³-hybridized carbons (Fsp3) is 0.364. The van der Waals surface area contributed by atoms with Gasteiger partial charge in [-0.1, -0.05) is 17.6 Å². The number of aromatic nitrogens is 2. The summed E-state index contributed by atoms with van der Waals surface area (Å²) >= 11 is 3.66. The van der Waals surface area contributed by atoms with Gasteiger partial charge in [-0.25, -0.2) is 9.78 Å². The molecule has 2 aromatic heterocycles. The lowest BCUT2D eigenvalue weighted by Crippen LogP contribution is -2.25. The molecule has 0 saturated heterocycles. The summed E-state index contributed by atoms with van der Waals surface area (Å²) in [6, 6.07) is 7.22. The van der Waals surface area contributed by atoms with Crippen LogP contribution >= 0.6 is 33.9 Å². The van der Waals surface area contributed by atoms with Gasteiger partial charge < -0.3 is 4.84 Å². The molecule has 3 aromatic rings. The molecule has 0 radical (unpaired) electrons. The number of halogens is 1. The molecule has 1 aliphatic heterocycles. The molecular weight excluding hydrogens is 513 g/mol. The Kier molecular flexibility index (Phi) is 5.44. The number of fused-ring (bicyclic) bond motifs is 4. The first-order chi connectivity index (χ1) is 14.6. The lowest BCUT2D eigenvalue weighted by molar-refractivity contribution is 0.0515. The van der Waals surface area contributed by atoms with Crippen molar-refractivity contribution in [3.05, 3.63) is 60.0 Å². The molecule has 1 aromatic carbocycles. The highest BCUT2D eigenvalue weighted by atomic mass is 127. The summed E-state index contributed by atoms with van der Waals surface area (Å²) in [5.41, 5.74) is 2.30. The lowest BCUT2D eigenvalue weighted by atomic mass is 9.95. The average Bonchev–Trinajstić information content (AvgIpc) is 2.95. The van der Waals surface area contributed by atoms with Crippen LogP contribution < -0.4 is 5.56 Å². The van der Waals surface area contributed by atoms with Crippen molar-refractivity contribution in [1.82, 2.24) is 9.55 Å². The Hall–Kier alpha value is -2.07. The van der Waals surface area contributed by atoms with Crippen LogP contribution in [0.5, 0.6) is 0 Å². The fourth-order valence-electron chi connectivity index (χ4n) is 4.20. The standard InChI is InChI=1S/C22H20IN3O3S/c23-14-7-4-6-13(12-14)22(28)29-25-16-9-5-8-15-18-20(30-19(15)16)24-17-10-2-1-3-11-26(17)21(18)27/h4,6-7,12H,1-3,5,8-11H2. The molecule has 0 amide bonds. The van der Waals surface area contributed by atoms with Crippen LogP contribution in [0, 0.1) is 3.57 Å². The molecule has 1 aliphatic carbocycles. The number of oxime groups is 1. The van der Waals surface area contributed by atoms with Crippen molar-refractivity contribution in [2.24, 2.45) is 5.16 Å². The number of carbonyl (C=O) groups excluding carboxylic acids is 1. The third kappa shape index (κ3) is 3.60. The largest absolute Gasteiger partial charge is 0.365 e. The van der Waals surface area contributed by atoms with E-state index in [1.165, 1.54) is 11.3 Å². The zero-order chi connectivity index (χ0) is 20.7. The van der Waals surface area contributed by atoms with Crippen molar-refractivity contribution in [1.29, 1.82) is 0 Å². The van der Waals surface area contributed by atoms with Crippen molar-refractivity contribution in [2.45, 2.75) is 51.5 Å². The second kappa shape index (κ2) is 8.22. The number of rotatable bonds is 2. The first-order valence-electron chi connectivity index (χ1n) is 10.2. The number of nitrogens with zero attached hydrogens (tertiary/aromatic N) is 3. The molecule has 0 saturated carbocycles. The van der Waals surface area contributed by atoms with Crippen LogP contribution in [0.4, 0.5) is 0 Å². The summed E-state index contributed by atoms with van der Waals surface area (Å²) in [5, 5.41) is 4.94. The SMILES string of the molecule is O=C(ON=C1CCCc2c1sc1nc3n(c(=O)c21)CCCCC3)c1cccc(I)c1. The van der Waals surface area contributed by atoms with Gasteiger partial charge in [0.15, 0.2) is 0 Å². The van der Waals surface area contributed by atoms with Gasteiger partial charge in [0.2, 0.25) is 0 Å². The monoisotopic (exact) mass is 533 g/mol. The zero-order valence-corrected chi connectivity index (χ0v) is 19.3. The molecule has 0 fully saturated rings. The Morgan fingerprint density at radius 1 is 1.17 bits per heavy atom. The van der Waals surface area contributed by atoms with E-state index in [0.29, 0.717) is 5.56 Å². The van der Waals surface area contributed by atoms with E-state index in [-0.39, 0.29) is 5.56 Å². The number of carbonyl (C=O) groups is 1. The quantitative estimate of drug-likeness (QED) is 0.272. The lowest BCUT2D eigenvalue weighted by Gasteiger charge is -2.13. The molecule has 0 N–H and O–H groups in total. The van der Waals surface area contributed by atoms with Crippen molar-refractivity contribution in [2.75, 3.05) is 0 Å². The summed E-state index contributed by atoms with van der Waals surface area (Å²) in [4.78, 5) is 37.5. The highest BCUT2D eigenvalue weighted by Gasteiger charge is 2.26. The zero-order valence-electron chi connectivity index (χ0n) is 16.3. The van der Waals surface area contributed by atoms with Crippen molar-refractivity contribution < 1.29 is 9.63 Å². The number of hydrogen-bond donors (Lipinski definition) is 0. The normalized spacial score (nSPS) is 17.4. The Balaban J connectivity index is 1.52. The van der Waals surface area contributed by atoms with Gasteiger partial charge >= 0.3 is 5.97 Å². The molecule has 30 heavy (non-hydrogen) atoms. The maximum atomic E-state index is 13.3. The minimum atomic E-state index is -0.473. The van der Waals surface area contributed by atoms with Gasteiger partial charge in [0.1, 0.15) is 10.7 Å². The topological polar surface area (TPSA) is 73.5 Å². The Morgan fingerprint density at radius 2 is 2.07 bits per heavy atom. The number of hydrogen-bond acceptors (Lipinski definition) is 6. The minimum absolute atomic E-state index is 0.0755. The first-order valence-corrected chi connectivity index (χ1v) is 12.1. The third-order valence-electron chi connectivity index (χ3n) is 5.67. The van der Waals surface area contributed by atoms with Crippen LogP contribution in [0.15, 0.2) is 34.2 Å². The van der Waals surface area contributed by atoms with Crippen LogP contribution in [0.25, 0.3) is 10.2 Å². The van der Waals surface area contributed by atoms with Crippen molar-refractivity contribution in [3.63, 3.8) is 0 Å². The summed E-state index contributed by atoms with van der Waals surface area (Å²) in [6.07, 6.45) is 6.51. The van der Waals surface area contributed by atoms with E-state index >= 15 is 0 Å². The predicted octanol–water partition coefficient (Wildman–Crippen LogP) is 4.69. The smallest absolute Gasteiger partial charge is 0.312 e. The molecule has 5 rings (SSSR count). The number of thiophene rings is 1. The molecule has 2 aliphatic rings. The molecule has 0 bridgehead atoms. The van der Waals surface area contributed by atoms with Crippen LogP contribution in [0.3, 0.4) is 0 Å². The van der Waals surface area contributed by atoms with Crippen LogP contribution in [0.1, 0.15) is 58.7 Å². The second-order valence-electron chi connectivity index (χ2n) is 7.67. The number of benzene rings is 1. The van der Waals surface area contributed by atoms with E-state index in [2.05, 4.69) is 27.7 Å². The van der Waals surface area contributed by atoms with E-state index in [9.17, 15) is 9.59 Å². The van der Waals surface area contributed by atoms with Gasteiger partial charge in [-0.15, -0.1) is 11.3 Å².